The summed E-state index contributed by atoms with van der Waals surface area (Å²) >= 11 is 2.00. The van der Waals surface area contributed by atoms with E-state index in [4.69, 9.17) is 4.98 Å². The number of thiazole rings is 1. The van der Waals surface area contributed by atoms with Gasteiger partial charge in [0.1, 0.15) is 5.01 Å². The van der Waals surface area contributed by atoms with Crippen LogP contribution in [0.25, 0.3) is 0 Å². The molecule has 4 heteroatoms. The van der Waals surface area contributed by atoms with E-state index in [2.05, 4.69) is 24.5 Å². The quantitative estimate of drug-likeness (QED) is 0.876. The van der Waals surface area contributed by atoms with E-state index in [-0.39, 0.29) is 5.54 Å². The molecule has 2 atom stereocenters. The van der Waals surface area contributed by atoms with Gasteiger partial charge in [-0.2, -0.15) is 0 Å². The van der Waals surface area contributed by atoms with Gasteiger partial charge in [0.15, 0.2) is 0 Å². The van der Waals surface area contributed by atoms with Crippen molar-refractivity contribution in [3.05, 3.63) is 15.6 Å². The number of hydrogen-bond acceptors (Lipinski definition) is 4. The van der Waals surface area contributed by atoms with Gasteiger partial charge in [-0.25, -0.2) is 4.98 Å². The lowest BCUT2D eigenvalue weighted by Gasteiger charge is -2.44. The van der Waals surface area contributed by atoms with Crippen LogP contribution in [0, 0.1) is 5.92 Å². The number of nitrogens with one attached hydrogen (secondary N) is 2. The first-order chi connectivity index (χ1) is 9.80. The van der Waals surface area contributed by atoms with Crippen molar-refractivity contribution in [2.45, 2.75) is 57.9 Å². The zero-order chi connectivity index (χ0) is 14.0. The Bertz CT molecular complexity index is 435. The smallest absolute Gasteiger partial charge is 0.114 e. The zero-order valence-corrected chi connectivity index (χ0v) is 13.6. The van der Waals surface area contributed by atoms with Gasteiger partial charge in [0.05, 0.1) is 11.2 Å². The Hall–Kier alpha value is -0.450. The second kappa shape index (κ2) is 6.12. The number of hydrogen-bond donors (Lipinski definition) is 2. The highest BCUT2D eigenvalue weighted by Gasteiger charge is 2.43. The maximum Gasteiger partial charge on any atom is 0.114 e. The van der Waals surface area contributed by atoms with Crippen LogP contribution >= 0.6 is 11.3 Å². The van der Waals surface area contributed by atoms with E-state index >= 15 is 0 Å². The third-order valence-corrected chi connectivity index (χ3v) is 6.28. The number of rotatable bonds is 5. The normalized spacial score (nSPS) is 29.6. The van der Waals surface area contributed by atoms with Crippen molar-refractivity contribution >= 4 is 11.3 Å². The molecule has 0 saturated carbocycles. The molecule has 1 aliphatic carbocycles. The first-order valence-corrected chi connectivity index (χ1v) is 9.06. The minimum atomic E-state index is 0.130. The fourth-order valence-electron chi connectivity index (χ4n) is 3.75. The van der Waals surface area contributed by atoms with Crippen molar-refractivity contribution in [2.24, 2.45) is 5.92 Å². The Morgan fingerprint density at radius 2 is 2.30 bits per heavy atom. The van der Waals surface area contributed by atoms with Crippen LogP contribution in [0.1, 0.15) is 55.1 Å². The summed E-state index contributed by atoms with van der Waals surface area (Å²) in [4.78, 5) is 6.63. The summed E-state index contributed by atoms with van der Waals surface area (Å²) in [7, 11) is 0. The van der Waals surface area contributed by atoms with Crippen molar-refractivity contribution < 1.29 is 0 Å². The third-order valence-electron chi connectivity index (χ3n) is 4.94. The lowest BCUT2D eigenvalue weighted by atomic mass is 9.77. The van der Waals surface area contributed by atoms with E-state index in [1.807, 2.05) is 11.3 Å². The lowest BCUT2D eigenvalue weighted by molar-refractivity contribution is 0.149. The average molecular weight is 293 g/mol. The second-order valence-corrected chi connectivity index (χ2v) is 7.28. The Morgan fingerprint density at radius 1 is 1.40 bits per heavy atom. The summed E-state index contributed by atoms with van der Waals surface area (Å²) in [5.74, 6) is 0.661. The number of aryl methyl sites for hydroxylation is 2. The largest absolute Gasteiger partial charge is 0.316 e. The topological polar surface area (TPSA) is 37.0 Å². The molecule has 2 heterocycles. The molecule has 3 rings (SSSR count). The number of fused-ring (bicyclic) bond motifs is 1. The van der Waals surface area contributed by atoms with Gasteiger partial charge in [-0.3, -0.25) is 0 Å². The first-order valence-electron chi connectivity index (χ1n) is 8.25. The Morgan fingerprint density at radius 3 is 3.05 bits per heavy atom. The summed E-state index contributed by atoms with van der Waals surface area (Å²) in [6, 6.07) is 0. The fraction of sp³-hybridized carbons (Fsp3) is 0.812. The zero-order valence-electron chi connectivity index (χ0n) is 12.8. The molecule has 2 N–H and O–H groups in total. The third kappa shape index (κ3) is 2.42. The fourth-order valence-corrected chi connectivity index (χ4v) is 5.18. The Labute approximate surface area is 126 Å². The van der Waals surface area contributed by atoms with Crippen LogP contribution in [-0.2, 0) is 18.4 Å². The van der Waals surface area contributed by atoms with Gasteiger partial charge in [0, 0.05) is 11.4 Å². The van der Waals surface area contributed by atoms with Crippen LogP contribution < -0.4 is 10.6 Å². The van der Waals surface area contributed by atoms with Crippen LogP contribution in [0.4, 0.5) is 0 Å². The molecule has 1 aromatic rings. The summed E-state index contributed by atoms with van der Waals surface area (Å²) in [5, 5.41) is 8.85. The molecular weight excluding hydrogens is 266 g/mol. The highest BCUT2D eigenvalue weighted by molar-refractivity contribution is 7.12. The molecule has 0 spiro atoms. The molecule has 0 amide bonds. The van der Waals surface area contributed by atoms with Gasteiger partial charge in [-0.15, -0.1) is 11.3 Å². The van der Waals surface area contributed by atoms with E-state index in [0.29, 0.717) is 5.92 Å². The first kappa shape index (κ1) is 14.5. The molecule has 0 aromatic carbocycles. The van der Waals surface area contributed by atoms with Crippen LogP contribution in [0.5, 0.6) is 0 Å². The number of aromatic nitrogens is 1. The van der Waals surface area contributed by atoms with E-state index in [1.165, 1.54) is 49.2 Å². The monoisotopic (exact) mass is 293 g/mol. The van der Waals surface area contributed by atoms with Crippen LogP contribution in [-0.4, -0.2) is 24.6 Å². The van der Waals surface area contributed by atoms with E-state index in [0.717, 1.165) is 19.6 Å². The minimum absolute atomic E-state index is 0.130. The number of piperidine rings is 1. The lowest BCUT2D eigenvalue weighted by Crippen LogP contribution is -2.56. The van der Waals surface area contributed by atoms with E-state index < -0.39 is 0 Å². The molecule has 1 saturated heterocycles. The molecule has 0 radical (unpaired) electrons. The summed E-state index contributed by atoms with van der Waals surface area (Å²) in [6.07, 6.45) is 7.35. The SMILES string of the molecule is CCCNC1(c2nc3c(s2)CCC3)CCNCC1CC. The average Bonchev–Trinajstić information content (AvgIpc) is 3.06. The maximum atomic E-state index is 5.07. The van der Waals surface area contributed by atoms with Crippen molar-refractivity contribution in [3.63, 3.8) is 0 Å². The molecule has 0 bridgehead atoms. The van der Waals surface area contributed by atoms with Gasteiger partial charge in [0.25, 0.3) is 0 Å². The molecule has 1 aliphatic heterocycles. The van der Waals surface area contributed by atoms with Crippen molar-refractivity contribution in [3.8, 4) is 0 Å². The predicted octanol–water partition coefficient (Wildman–Crippen LogP) is 2.85. The standard InChI is InChI=1S/C16H27N3S/c1-3-9-18-16(8-10-17-11-12(16)4-2)15-19-13-6-5-7-14(13)20-15/h12,17-18H,3-11H2,1-2H3. The molecule has 1 fully saturated rings. The Kier molecular flexibility index (Phi) is 4.43. The molecule has 2 unspecified atom stereocenters. The molecule has 1 aromatic heterocycles. The number of nitrogens with zero attached hydrogens (tertiary/aromatic N) is 1. The van der Waals surface area contributed by atoms with E-state index in [9.17, 15) is 0 Å². The summed E-state index contributed by atoms with van der Waals surface area (Å²) in [6.45, 7) is 7.90. The molecular formula is C16H27N3S. The van der Waals surface area contributed by atoms with Gasteiger partial charge in [-0.1, -0.05) is 13.8 Å². The molecule has 20 heavy (non-hydrogen) atoms. The molecule has 112 valence electrons. The van der Waals surface area contributed by atoms with Gasteiger partial charge < -0.3 is 10.6 Å². The predicted molar refractivity (Wildman–Crippen MR) is 85.4 cm³/mol. The second-order valence-electron chi connectivity index (χ2n) is 6.20. The van der Waals surface area contributed by atoms with Crippen LogP contribution in [0.15, 0.2) is 0 Å². The van der Waals surface area contributed by atoms with Crippen LogP contribution in [0.2, 0.25) is 0 Å². The maximum absolute atomic E-state index is 5.07. The van der Waals surface area contributed by atoms with Gasteiger partial charge >= 0.3 is 0 Å². The summed E-state index contributed by atoms with van der Waals surface area (Å²) < 4.78 is 0. The summed E-state index contributed by atoms with van der Waals surface area (Å²) in [5.41, 5.74) is 1.53. The highest BCUT2D eigenvalue weighted by atomic mass is 32.1. The molecule has 3 nitrogen and oxygen atoms in total. The van der Waals surface area contributed by atoms with Crippen molar-refractivity contribution in [1.29, 1.82) is 0 Å². The van der Waals surface area contributed by atoms with Gasteiger partial charge in [-0.05, 0) is 57.5 Å². The Balaban J connectivity index is 1.94. The van der Waals surface area contributed by atoms with Crippen molar-refractivity contribution in [1.82, 2.24) is 15.6 Å². The van der Waals surface area contributed by atoms with E-state index in [1.54, 1.807) is 4.88 Å². The van der Waals surface area contributed by atoms with Gasteiger partial charge in [0.2, 0.25) is 0 Å². The minimum Gasteiger partial charge on any atom is -0.316 e. The highest BCUT2D eigenvalue weighted by Crippen LogP contribution is 2.41. The van der Waals surface area contributed by atoms with Crippen LogP contribution in [0.3, 0.4) is 0 Å². The molecule has 2 aliphatic rings. The van der Waals surface area contributed by atoms with Crippen molar-refractivity contribution in [2.75, 3.05) is 19.6 Å².